The van der Waals surface area contributed by atoms with Gasteiger partial charge in [-0.3, -0.25) is 14.8 Å². The molecule has 2 aliphatic rings. The van der Waals surface area contributed by atoms with Crippen LogP contribution in [0.5, 0.6) is 0 Å². The fourth-order valence-electron chi connectivity index (χ4n) is 3.91. The van der Waals surface area contributed by atoms with E-state index in [2.05, 4.69) is 20.2 Å². The molecule has 122 valence electrons. The fraction of sp³-hybridized carbons (Fsp3) is 0.588. The Hall–Kier alpha value is -1.95. The standard InChI is InChI=1S/C17H23N5O/c23-17-8-3-9-18-22(17)11-13-5-4-10-21(13)12-16-14-6-1-2-7-15(14)19-20-16/h3,8-9,13H,1-2,4-7,10-12H2,(H,19,20). The lowest BCUT2D eigenvalue weighted by Gasteiger charge is -2.24. The molecule has 0 aromatic carbocycles. The molecule has 0 radical (unpaired) electrons. The minimum absolute atomic E-state index is 0.0171. The van der Waals surface area contributed by atoms with Gasteiger partial charge in [0.05, 0.1) is 12.2 Å². The Morgan fingerprint density at radius 2 is 2.17 bits per heavy atom. The van der Waals surface area contributed by atoms with Crippen molar-refractivity contribution in [1.29, 1.82) is 0 Å². The Bertz CT molecular complexity index is 735. The highest BCUT2D eigenvalue weighted by Crippen LogP contribution is 2.26. The molecule has 2 aromatic rings. The zero-order valence-corrected chi connectivity index (χ0v) is 13.4. The normalized spacial score (nSPS) is 21.5. The molecule has 0 saturated carbocycles. The van der Waals surface area contributed by atoms with E-state index >= 15 is 0 Å². The van der Waals surface area contributed by atoms with Gasteiger partial charge in [-0.05, 0) is 56.7 Å². The van der Waals surface area contributed by atoms with Crippen molar-refractivity contribution in [2.24, 2.45) is 0 Å². The zero-order chi connectivity index (χ0) is 15.6. The molecule has 1 aliphatic heterocycles. The van der Waals surface area contributed by atoms with Gasteiger partial charge in [0.15, 0.2) is 0 Å². The third kappa shape index (κ3) is 2.95. The molecular formula is C17H23N5O. The lowest BCUT2D eigenvalue weighted by atomic mass is 9.96. The van der Waals surface area contributed by atoms with Gasteiger partial charge in [0.1, 0.15) is 0 Å². The van der Waals surface area contributed by atoms with E-state index in [9.17, 15) is 4.79 Å². The van der Waals surface area contributed by atoms with Gasteiger partial charge in [0.25, 0.3) is 5.56 Å². The Kier molecular flexibility index (Phi) is 3.99. The molecule has 0 bridgehead atoms. The minimum Gasteiger partial charge on any atom is -0.293 e. The minimum atomic E-state index is -0.0171. The number of hydrogen-bond donors (Lipinski definition) is 1. The van der Waals surface area contributed by atoms with Crippen LogP contribution in [0.15, 0.2) is 23.1 Å². The van der Waals surface area contributed by atoms with Crippen molar-refractivity contribution in [1.82, 2.24) is 24.9 Å². The molecule has 6 heteroatoms. The van der Waals surface area contributed by atoms with Crippen LogP contribution in [0, 0.1) is 0 Å². The maximum absolute atomic E-state index is 11.9. The first-order chi connectivity index (χ1) is 11.3. The maximum Gasteiger partial charge on any atom is 0.266 e. The number of hydrogen-bond acceptors (Lipinski definition) is 4. The SMILES string of the molecule is O=c1cccnn1CC1CCCN1Cc1n[nH]c2c1CCCC2. The van der Waals surface area contributed by atoms with Crippen LogP contribution in [0.3, 0.4) is 0 Å². The van der Waals surface area contributed by atoms with Gasteiger partial charge in [0, 0.05) is 30.5 Å². The quantitative estimate of drug-likeness (QED) is 0.929. The lowest BCUT2D eigenvalue weighted by molar-refractivity contribution is 0.214. The average molecular weight is 313 g/mol. The van der Waals surface area contributed by atoms with Gasteiger partial charge in [-0.2, -0.15) is 10.2 Å². The molecule has 1 N–H and O–H groups in total. The van der Waals surface area contributed by atoms with Crippen LogP contribution in [0.4, 0.5) is 0 Å². The van der Waals surface area contributed by atoms with Crippen molar-refractivity contribution in [3.05, 3.63) is 45.6 Å². The smallest absolute Gasteiger partial charge is 0.266 e. The summed E-state index contributed by atoms with van der Waals surface area (Å²) in [6.45, 7) is 2.64. The second kappa shape index (κ2) is 6.28. The third-order valence-electron chi connectivity index (χ3n) is 5.16. The molecule has 2 aromatic heterocycles. The highest BCUT2D eigenvalue weighted by Gasteiger charge is 2.27. The predicted molar refractivity (Wildman–Crippen MR) is 87.2 cm³/mol. The lowest BCUT2D eigenvalue weighted by Crippen LogP contribution is -2.36. The summed E-state index contributed by atoms with van der Waals surface area (Å²) in [7, 11) is 0. The molecule has 3 heterocycles. The van der Waals surface area contributed by atoms with E-state index in [1.165, 1.54) is 36.2 Å². The molecular weight excluding hydrogens is 290 g/mol. The number of likely N-dealkylation sites (tertiary alicyclic amines) is 1. The Morgan fingerprint density at radius 1 is 1.26 bits per heavy atom. The monoisotopic (exact) mass is 313 g/mol. The van der Waals surface area contributed by atoms with Crippen molar-refractivity contribution < 1.29 is 0 Å². The van der Waals surface area contributed by atoms with E-state index in [0.29, 0.717) is 12.6 Å². The number of aromatic nitrogens is 4. The van der Waals surface area contributed by atoms with Gasteiger partial charge in [-0.1, -0.05) is 0 Å². The van der Waals surface area contributed by atoms with E-state index in [4.69, 9.17) is 0 Å². The summed E-state index contributed by atoms with van der Waals surface area (Å²) in [5.74, 6) is 0. The molecule has 1 atom stereocenters. The number of aromatic amines is 1. The summed E-state index contributed by atoms with van der Waals surface area (Å²) in [5, 5.41) is 12.0. The van der Waals surface area contributed by atoms with Crippen molar-refractivity contribution in [3.8, 4) is 0 Å². The van der Waals surface area contributed by atoms with Crippen LogP contribution in [-0.2, 0) is 25.9 Å². The van der Waals surface area contributed by atoms with Gasteiger partial charge in [-0.15, -0.1) is 0 Å². The van der Waals surface area contributed by atoms with Gasteiger partial charge in [-0.25, -0.2) is 4.68 Å². The van der Waals surface area contributed by atoms with Gasteiger partial charge >= 0.3 is 0 Å². The van der Waals surface area contributed by atoms with Crippen molar-refractivity contribution in [2.45, 2.75) is 57.7 Å². The third-order valence-corrected chi connectivity index (χ3v) is 5.16. The summed E-state index contributed by atoms with van der Waals surface area (Å²) >= 11 is 0. The number of nitrogens with one attached hydrogen (secondary N) is 1. The first kappa shape index (κ1) is 14.6. The number of H-pyrrole nitrogens is 1. The Labute approximate surface area is 135 Å². The van der Waals surface area contributed by atoms with E-state index in [1.54, 1.807) is 23.0 Å². The number of rotatable bonds is 4. The second-order valence-corrected chi connectivity index (χ2v) is 6.65. The van der Waals surface area contributed by atoms with Crippen LogP contribution >= 0.6 is 0 Å². The Morgan fingerprint density at radius 3 is 3.09 bits per heavy atom. The molecule has 1 saturated heterocycles. The van der Waals surface area contributed by atoms with E-state index in [-0.39, 0.29) is 5.56 Å². The van der Waals surface area contributed by atoms with E-state index < -0.39 is 0 Å². The molecule has 1 aliphatic carbocycles. The number of fused-ring (bicyclic) bond motifs is 1. The van der Waals surface area contributed by atoms with Gasteiger partial charge < -0.3 is 0 Å². The summed E-state index contributed by atoms with van der Waals surface area (Å²) in [5.41, 5.74) is 3.97. The first-order valence-electron chi connectivity index (χ1n) is 8.62. The summed E-state index contributed by atoms with van der Waals surface area (Å²) in [6, 6.07) is 3.65. The predicted octanol–water partition coefficient (Wildman–Crippen LogP) is 1.51. The van der Waals surface area contributed by atoms with Crippen molar-refractivity contribution >= 4 is 0 Å². The van der Waals surface area contributed by atoms with Gasteiger partial charge in [0.2, 0.25) is 0 Å². The summed E-state index contributed by atoms with van der Waals surface area (Å²) in [6.07, 6.45) is 8.81. The van der Waals surface area contributed by atoms with Crippen LogP contribution in [-0.4, -0.2) is 37.5 Å². The zero-order valence-electron chi connectivity index (χ0n) is 13.4. The molecule has 0 amide bonds. The van der Waals surface area contributed by atoms with Crippen molar-refractivity contribution in [3.63, 3.8) is 0 Å². The highest BCUT2D eigenvalue weighted by atomic mass is 16.1. The summed E-state index contributed by atoms with van der Waals surface area (Å²) in [4.78, 5) is 14.4. The maximum atomic E-state index is 11.9. The number of nitrogens with zero attached hydrogens (tertiary/aromatic N) is 4. The molecule has 0 spiro atoms. The highest BCUT2D eigenvalue weighted by molar-refractivity contribution is 5.27. The first-order valence-corrected chi connectivity index (χ1v) is 8.62. The van der Waals surface area contributed by atoms with E-state index in [1.807, 2.05) is 0 Å². The van der Waals surface area contributed by atoms with Crippen LogP contribution in [0.1, 0.15) is 42.6 Å². The molecule has 23 heavy (non-hydrogen) atoms. The van der Waals surface area contributed by atoms with Crippen molar-refractivity contribution in [2.75, 3.05) is 6.54 Å². The fourth-order valence-corrected chi connectivity index (χ4v) is 3.91. The van der Waals surface area contributed by atoms with E-state index in [0.717, 1.165) is 32.4 Å². The van der Waals surface area contributed by atoms with Crippen LogP contribution < -0.4 is 5.56 Å². The Balaban J connectivity index is 1.49. The molecule has 1 unspecified atom stereocenters. The molecule has 1 fully saturated rings. The largest absolute Gasteiger partial charge is 0.293 e. The topological polar surface area (TPSA) is 66.8 Å². The molecule has 4 rings (SSSR count). The molecule has 6 nitrogen and oxygen atoms in total. The van der Waals surface area contributed by atoms with Crippen LogP contribution in [0.2, 0.25) is 0 Å². The summed E-state index contributed by atoms with van der Waals surface area (Å²) < 4.78 is 1.59. The average Bonchev–Trinajstić information content (AvgIpc) is 3.18. The second-order valence-electron chi connectivity index (χ2n) is 6.65. The number of aryl methyl sites for hydroxylation is 1. The van der Waals surface area contributed by atoms with Crippen LogP contribution in [0.25, 0.3) is 0 Å².